The number of hydrogen-bond donors (Lipinski definition) is 1. The minimum absolute atomic E-state index is 0.0919. The fourth-order valence-electron chi connectivity index (χ4n) is 1.27. The summed E-state index contributed by atoms with van der Waals surface area (Å²) in [6.07, 6.45) is 2.27. The van der Waals surface area contributed by atoms with Crippen LogP contribution in [0.1, 0.15) is 26.1 Å². The van der Waals surface area contributed by atoms with E-state index in [1.165, 1.54) is 6.33 Å². The average Bonchev–Trinajstić information content (AvgIpc) is 2.64. The van der Waals surface area contributed by atoms with Crippen molar-refractivity contribution < 1.29 is 8.42 Å². The molecule has 0 aliphatic heterocycles. The number of nitrogens with two attached hydrogens (primary N) is 1. The van der Waals surface area contributed by atoms with Crippen LogP contribution in [0.15, 0.2) is 6.33 Å². The second-order valence-electron chi connectivity index (χ2n) is 3.75. The molecule has 0 fully saturated rings. The lowest BCUT2D eigenvalue weighted by atomic mass is 10.5. The summed E-state index contributed by atoms with van der Waals surface area (Å²) < 4.78 is 25.3. The molecule has 1 unspecified atom stereocenters. The largest absolute Gasteiger partial charge is 0.329 e. The number of nitrogens with zero attached hydrogens (tertiary/aromatic N) is 3. The van der Waals surface area contributed by atoms with Crippen molar-refractivity contribution in [3.8, 4) is 0 Å². The van der Waals surface area contributed by atoms with Gasteiger partial charge in [0.1, 0.15) is 17.9 Å². The van der Waals surface area contributed by atoms with Gasteiger partial charge >= 0.3 is 0 Å². The lowest BCUT2D eigenvalue weighted by Gasteiger charge is -2.10. The molecule has 1 aromatic rings. The SMILES string of the molecule is CCCn1ncnc1CS(=O)(=O)C(C)CN. The first-order chi connectivity index (χ1) is 7.51. The Morgan fingerprint density at radius 2 is 2.25 bits per heavy atom. The quantitative estimate of drug-likeness (QED) is 0.760. The van der Waals surface area contributed by atoms with Crippen molar-refractivity contribution in [2.45, 2.75) is 37.8 Å². The summed E-state index contributed by atoms with van der Waals surface area (Å²) >= 11 is 0. The molecular formula is C9H18N4O2S. The monoisotopic (exact) mass is 246 g/mol. The third-order valence-corrected chi connectivity index (χ3v) is 4.49. The van der Waals surface area contributed by atoms with E-state index in [2.05, 4.69) is 10.1 Å². The van der Waals surface area contributed by atoms with Gasteiger partial charge in [0.2, 0.25) is 0 Å². The third kappa shape index (κ3) is 3.02. The second kappa shape index (κ2) is 5.40. The normalized spacial score (nSPS) is 13.9. The zero-order valence-corrected chi connectivity index (χ0v) is 10.4. The van der Waals surface area contributed by atoms with E-state index in [4.69, 9.17) is 5.73 Å². The van der Waals surface area contributed by atoms with Crippen LogP contribution < -0.4 is 5.73 Å². The van der Waals surface area contributed by atoms with Crippen LogP contribution in [0.3, 0.4) is 0 Å². The molecule has 7 heteroatoms. The molecule has 6 nitrogen and oxygen atoms in total. The Labute approximate surface area is 95.8 Å². The van der Waals surface area contributed by atoms with Crippen molar-refractivity contribution in [2.75, 3.05) is 6.54 Å². The van der Waals surface area contributed by atoms with Crippen LogP contribution in [0.2, 0.25) is 0 Å². The summed E-state index contributed by atoms with van der Waals surface area (Å²) in [5.74, 6) is 0.396. The van der Waals surface area contributed by atoms with E-state index in [9.17, 15) is 8.42 Å². The zero-order chi connectivity index (χ0) is 12.2. The van der Waals surface area contributed by atoms with Crippen LogP contribution in [0.5, 0.6) is 0 Å². The highest BCUT2D eigenvalue weighted by molar-refractivity contribution is 7.91. The van der Waals surface area contributed by atoms with Gasteiger partial charge in [0.05, 0.1) is 5.25 Å². The summed E-state index contributed by atoms with van der Waals surface area (Å²) in [6, 6.07) is 0. The molecule has 0 saturated heterocycles. The van der Waals surface area contributed by atoms with Gasteiger partial charge in [-0.15, -0.1) is 0 Å². The summed E-state index contributed by atoms with van der Waals surface area (Å²) in [5, 5.41) is 3.44. The first-order valence-electron chi connectivity index (χ1n) is 5.29. The average molecular weight is 246 g/mol. The van der Waals surface area contributed by atoms with Crippen molar-refractivity contribution in [3.63, 3.8) is 0 Å². The predicted octanol–water partition coefficient (Wildman–Crippen LogP) is -0.0499. The number of sulfone groups is 1. The number of hydrogen-bond acceptors (Lipinski definition) is 5. The minimum Gasteiger partial charge on any atom is -0.329 e. The fraction of sp³-hybridized carbons (Fsp3) is 0.778. The Bertz CT molecular complexity index is 426. The van der Waals surface area contributed by atoms with E-state index >= 15 is 0 Å². The maximum absolute atomic E-state index is 11.8. The molecule has 0 bridgehead atoms. The van der Waals surface area contributed by atoms with Crippen molar-refractivity contribution in [3.05, 3.63) is 12.2 Å². The van der Waals surface area contributed by atoms with Crippen LogP contribution in [-0.2, 0) is 22.1 Å². The van der Waals surface area contributed by atoms with Gasteiger partial charge in [0, 0.05) is 13.1 Å². The molecule has 1 atom stereocenters. The van der Waals surface area contributed by atoms with E-state index in [-0.39, 0.29) is 12.3 Å². The summed E-state index contributed by atoms with van der Waals surface area (Å²) in [7, 11) is -3.22. The van der Waals surface area contributed by atoms with Gasteiger partial charge in [0.25, 0.3) is 0 Å². The number of aromatic nitrogens is 3. The first kappa shape index (κ1) is 13.1. The molecule has 92 valence electrons. The molecule has 1 heterocycles. The number of rotatable bonds is 6. The predicted molar refractivity (Wildman–Crippen MR) is 61.5 cm³/mol. The van der Waals surface area contributed by atoms with Crippen molar-refractivity contribution in [2.24, 2.45) is 5.73 Å². The van der Waals surface area contributed by atoms with Gasteiger partial charge in [0.15, 0.2) is 9.84 Å². The smallest absolute Gasteiger partial charge is 0.161 e. The third-order valence-electron chi connectivity index (χ3n) is 2.41. The van der Waals surface area contributed by atoms with E-state index in [1.54, 1.807) is 11.6 Å². The molecule has 0 aliphatic carbocycles. The number of aryl methyl sites for hydroxylation is 1. The molecule has 0 spiro atoms. The summed E-state index contributed by atoms with van der Waals surface area (Å²) in [6.45, 7) is 4.42. The van der Waals surface area contributed by atoms with Crippen LogP contribution in [0, 0.1) is 0 Å². The Morgan fingerprint density at radius 1 is 1.56 bits per heavy atom. The molecule has 2 N–H and O–H groups in total. The molecule has 0 aromatic carbocycles. The van der Waals surface area contributed by atoms with E-state index < -0.39 is 15.1 Å². The second-order valence-corrected chi connectivity index (χ2v) is 6.17. The molecular weight excluding hydrogens is 228 g/mol. The van der Waals surface area contributed by atoms with Crippen molar-refractivity contribution >= 4 is 9.84 Å². The molecule has 0 saturated carbocycles. The van der Waals surface area contributed by atoms with E-state index in [0.717, 1.165) is 6.42 Å². The molecule has 0 radical (unpaired) electrons. The van der Waals surface area contributed by atoms with Crippen molar-refractivity contribution in [1.29, 1.82) is 0 Å². The first-order valence-corrected chi connectivity index (χ1v) is 7.01. The fourth-order valence-corrected chi connectivity index (χ4v) is 2.43. The lowest BCUT2D eigenvalue weighted by Crippen LogP contribution is -2.28. The lowest BCUT2D eigenvalue weighted by molar-refractivity contribution is 0.560. The highest BCUT2D eigenvalue weighted by Gasteiger charge is 2.22. The van der Waals surface area contributed by atoms with E-state index in [1.807, 2.05) is 6.92 Å². The van der Waals surface area contributed by atoms with Crippen LogP contribution in [-0.4, -0.2) is 35.0 Å². The molecule has 1 rings (SSSR count). The molecule has 0 amide bonds. The summed E-state index contributed by atoms with van der Waals surface area (Å²) in [5.41, 5.74) is 5.36. The molecule has 0 aliphatic rings. The minimum atomic E-state index is -3.22. The highest BCUT2D eigenvalue weighted by atomic mass is 32.2. The van der Waals surface area contributed by atoms with Gasteiger partial charge < -0.3 is 5.73 Å². The van der Waals surface area contributed by atoms with Crippen LogP contribution in [0.25, 0.3) is 0 Å². The Kier molecular flexibility index (Phi) is 4.43. The van der Waals surface area contributed by atoms with Crippen LogP contribution in [0.4, 0.5) is 0 Å². The Balaban J connectivity index is 2.84. The topological polar surface area (TPSA) is 90.9 Å². The van der Waals surface area contributed by atoms with Gasteiger partial charge in [-0.25, -0.2) is 18.1 Å². The van der Waals surface area contributed by atoms with Crippen molar-refractivity contribution in [1.82, 2.24) is 14.8 Å². The maximum Gasteiger partial charge on any atom is 0.161 e. The molecule has 16 heavy (non-hydrogen) atoms. The highest BCUT2D eigenvalue weighted by Crippen LogP contribution is 2.08. The maximum atomic E-state index is 11.8. The van der Waals surface area contributed by atoms with Gasteiger partial charge in [-0.1, -0.05) is 6.92 Å². The zero-order valence-electron chi connectivity index (χ0n) is 9.63. The Hall–Kier alpha value is -0.950. The standard InChI is InChI=1S/C9H18N4O2S/c1-3-4-13-9(11-7-12-13)6-16(14,15)8(2)5-10/h7-8H,3-6,10H2,1-2H3. The van der Waals surface area contributed by atoms with Gasteiger partial charge in [-0.2, -0.15) is 5.10 Å². The Morgan fingerprint density at radius 3 is 2.81 bits per heavy atom. The van der Waals surface area contributed by atoms with Gasteiger partial charge in [-0.3, -0.25) is 0 Å². The summed E-state index contributed by atoms with van der Waals surface area (Å²) in [4.78, 5) is 3.97. The van der Waals surface area contributed by atoms with Crippen LogP contribution >= 0.6 is 0 Å². The van der Waals surface area contributed by atoms with E-state index in [0.29, 0.717) is 12.4 Å². The van der Waals surface area contributed by atoms with Gasteiger partial charge in [-0.05, 0) is 13.3 Å². The molecule has 1 aromatic heterocycles.